The molecule has 0 saturated carbocycles. The quantitative estimate of drug-likeness (QED) is 0.758. The molecule has 0 aliphatic carbocycles. The highest BCUT2D eigenvalue weighted by atomic mass is 32.2. The number of H-pyrrole nitrogens is 1. The Kier molecular flexibility index (Phi) is 6.52. The van der Waals surface area contributed by atoms with E-state index in [-0.39, 0.29) is 12.0 Å². The van der Waals surface area contributed by atoms with E-state index in [9.17, 15) is 9.90 Å². The number of amidine groups is 1. The monoisotopic (exact) mass is 356 g/mol. The van der Waals surface area contributed by atoms with Gasteiger partial charge in [0.1, 0.15) is 5.94 Å². The highest BCUT2D eigenvalue weighted by Gasteiger charge is 2.28. The Balaban J connectivity index is 2.03. The molecule has 1 aromatic heterocycles. The lowest BCUT2D eigenvalue weighted by molar-refractivity contribution is 0.0851. The van der Waals surface area contributed by atoms with Crippen LogP contribution >= 0.6 is 11.8 Å². The third-order valence-corrected chi connectivity index (χ3v) is 4.09. The number of anilines is 1. The predicted molar refractivity (Wildman–Crippen MR) is 94.2 cm³/mol. The van der Waals surface area contributed by atoms with Gasteiger partial charge in [0.2, 0.25) is 0 Å². The topological polar surface area (TPSA) is 90.4 Å². The third-order valence-electron chi connectivity index (χ3n) is 3.27. The zero-order valence-electron chi connectivity index (χ0n) is 14.4. The number of carbonyl (C=O) groups excluding carboxylic acids is 1. The number of hydrogen-bond acceptors (Lipinski definition) is 7. The van der Waals surface area contributed by atoms with Crippen molar-refractivity contribution >= 4 is 28.7 Å². The van der Waals surface area contributed by atoms with E-state index in [0.717, 1.165) is 5.69 Å². The van der Waals surface area contributed by atoms with Crippen molar-refractivity contribution < 1.29 is 19.4 Å². The van der Waals surface area contributed by atoms with Crippen molar-refractivity contribution in [1.29, 1.82) is 0 Å². The van der Waals surface area contributed by atoms with E-state index >= 15 is 0 Å². The maximum atomic E-state index is 11.5. The molecular formula is C15H24N4O4S. The molecule has 2 N–H and O–H groups in total. The number of thioether (sulfide) groups is 1. The third kappa shape index (κ3) is 4.65. The van der Waals surface area contributed by atoms with Crippen LogP contribution in [-0.4, -0.2) is 65.5 Å². The normalized spacial score (nSPS) is 16.8. The fourth-order valence-corrected chi connectivity index (χ4v) is 2.92. The maximum Gasteiger partial charge on any atom is 0.410 e. The number of fused-ring (bicyclic) bond motifs is 1. The van der Waals surface area contributed by atoms with Crippen molar-refractivity contribution in [3.8, 4) is 0 Å². The Hall–Kier alpha value is -1.71. The van der Waals surface area contributed by atoms with Crippen LogP contribution in [0.5, 0.6) is 0 Å². The molecule has 134 valence electrons. The summed E-state index contributed by atoms with van der Waals surface area (Å²) < 4.78 is 10.7. The second-order valence-electron chi connectivity index (χ2n) is 5.70. The van der Waals surface area contributed by atoms with Crippen LogP contribution in [0, 0.1) is 0 Å². The Morgan fingerprint density at radius 1 is 1.54 bits per heavy atom. The van der Waals surface area contributed by atoms with Crippen LogP contribution in [0.25, 0.3) is 0 Å². The van der Waals surface area contributed by atoms with E-state index in [2.05, 4.69) is 9.98 Å². The first-order valence-electron chi connectivity index (χ1n) is 7.69. The molecule has 0 saturated heterocycles. The molecule has 8 nitrogen and oxygen atoms in total. The van der Waals surface area contributed by atoms with Crippen molar-refractivity contribution in [2.75, 3.05) is 38.1 Å². The summed E-state index contributed by atoms with van der Waals surface area (Å²) in [7, 11) is 3.24. The summed E-state index contributed by atoms with van der Waals surface area (Å²) in [5.41, 5.74) is 1.50. The maximum absolute atomic E-state index is 11.5. The summed E-state index contributed by atoms with van der Waals surface area (Å²) in [6.07, 6.45) is 0.528. The number of rotatable bonds is 6. The number of aliphatic imine (C=N–C) groups is 1. The Morgan fingerprint density at radius 3 is 2.96 bits per heavy atom. The fourth-order valence-electron chi connectivity index (χ4n) is 2.13. The van der Waals surface area contributed by atoms with Crippen LogP contribution in [0.4, 0.5) is 10.5 Å². The van der Waals surface area contributed by atoms with E-state index in [1.54, 1.807) is 20.3 Å². The van der Waals surface area contributed by atoms with E-state index in [0.29, 0.717) is 24.0 Å². The number of hydrogen-bond donors (Lipinski definition) is 2. The summed E-state index contributed by atoms with van der Waals surface area (Å²) in [6, 6.07) is 1.88. The zero-order chi connectivity index (χ0) is 17.7. The SMILES string of the molecule is CC(C)OCCN1C(SCOC(=O)N(C)C)=NC(O)c2[nH]ccc21. The fraction of sp³-hybridized carbons (Fsp3) is 0.600. The number of aromatic amines is 1. The second-order valence-corrected chi connectivity index (χ2v) is 6.59. The summed E-state index contributed by atoms with van der Waals surface area (Å²) in [4.78, 5) is 22.1. The Labute approximate surface area is 145 Å². The average molecular weight is 356 g/mol. The molecule has 2 rings (SSSR count). The molecule has 0 spiro atoms. The molecule has 9 heteroatoms. The van der Waals surface area contributed by atoms with Gasteiger partial charge in [0, 0.05) is 26.8 Å². The molecule has 0 bridgehead atoms. The highest BCUT2D eigenvalue weighted by Crippen LogP contribution is 2.33. The molecule has 0 radical (unpaired) electrons. The molecule has 1 aliphatic heterocycles. The predicted octanol–water partition coefficient (Wildman–Crippen LogP) is 2.00. The molecule has 2 heterocycles. The number of aliphatic hydroxyl groups excluding tert-OH is 1. The summed E-state index contributed by atoms with van der Waals surface area (Å²) in [5, 5.41) is 10.7. The van der Waals surface area contributed by atoms with Gasteiger partial charge in [0.25, 0.3) is 0 Å². The largest absolute Gasteiger partial charge is 0.438 e. The van der Waals surface area contributed by atoms with Gasteiger partial charge in [-0.25, -0.2) is 9.79 Å². The summed E-state index contributed by atoms with van der Waals surface area (Å²) >= 11 is 1.26. The van der Waals surface area contributed by atoms with Crippen molar-refractivity contribution in [2.24, 2.45) is 4.99 Å². The standard InChI is InChI=1S/C15H24N4O4S/c1-10(2)22-8-7-19-11-5-6-16-12(11)13(20)17-14(19)24-9-23-15(21)18(3)4/h5-6,10,13,16,20H,7-9H2,1-4H3. The van der Waals surface area contributed by atoms with E-state index in [1.165, 1.54) is 16.7 Å². The van der Waals surface area contributed by atoms with Crippen LogP contribution in [-0.2, 0) is 9.47 Å². The lowest BCUT2D eigenvalue weighted by Crippen LogP contribution is -2.36. The van der Waals surface area contributed by atoms with E-state index in [4.69, 9.17) is 9.47 Å². The molecule has 1 atom stereocenters. The van der Waals surface area contributed by atoms with E-state index in [1.807, 2.05) is 24.8 Å². The van der Waals surface area contributed by atoms with Crippen LogP contribution in [0.1, 0.15) is 25.8 Å². The minimum Gasteiger partial charge on any atom is -0.438 e. The number of aromatic nitrogens is 1. The molecular weight excluding hydrogens is 332 g/mol. The minimum atomic E-state index is -0.954. The minimum absolute atomic E-state index is 0.115. The molecule has 0 aromatic carbocycles. The average Bonchev–Trinajstić information content (AvgIpc) is 2.99. The Bertz CT molecular complexity index is 588. The first-order valence-corrected chi connectivity index (χ1v) is 8.68. The molecule has 1 aliphatic rings. The van der Waals surface area contributed by atoms with Gasteiger partial charge in [-0.05, 0) is 31.7 Å². The Morgan fingerprint density at radius 2 is 2.29 bits per heavy atom. The molecule has 1 aromatic rings. The van der Waals surface area contributed by atoms with Gasteiger partial charge in [0.15, 0.2) is 11.4 Å². The number of nitrogens with one attached hydrogen (secondary N) is 1. The van der Waals surface area contributed by atoms with Gasteiger partial charge in [-0.1, -0.05) is 0 Å². The lowest BCUT2D eigenvalue weighted by atomic mass is 10.2. The van der Waals surface area contributed by atoms with Gasteiger partial charge >= 0.3 is 6.09 Å². The van der Waals surface area contributed by atoms with Gasteiger partial charge in [-0.2, -0.15) is 0 Å². The van der Waals surface area contributed by atoms with Gasteiger partial charge < -0.3 is 29.4 Å². The van der Waals surface area contributed by atoms with Crippen molar-refractivity contribution in [3.05, 3.63) is 18.0 Å². The zero-order valence-corrected chi connectivity index (χ0v) is 15.2. The number of aliphatic hydroxyl groups is 1. The number of ether oxygens (including phenoxy) is 2. The van der Waals surface area contributed by atoms with Crippen LogP contribution < -0.4 is 4.90 Å². The van der Waals surface area contributed by atoms with Gasteiger partial charge in [0.05, 0.1) is 24.1 Å². The summed E-state index contributed by atoms with van der Waals surface area (Å²) in [5.74, 6) is 0.115. The smallest absolute Gasteiger partial charge is 0.410 e. The van der Waals surface area contributed by atoms with Crippen molar-refractivity contribution in [2.45, 2.75) is 26.2 Å². The second kappa shape index (κ2) is 8.41. The van der Waals surface area contributed by atoms with Crippen LogP contribution in [0.15, 0.2) is 17.3 Å². The highest BCUT2D eigenvalue weighted by molar-refractivity contribution is 8.14. The first-order chi connectivity index (χ1) is 11.4. The lowest BCUT2D eigenvalue weighted by Gasteiger charge is -2.30. The van der Waals surface area contributed by atoms with Gasteiger partial charge in [-0.15, -0.1) is 0 Å². The molecule has 0 fully saturated rings. The molecule has 24 heavy (non-hydrogen) atoms. The first kappa shape index (κ1) is 18.6. The molecule has 1 amide bonds. The molecule has 1 unspecified atom stereocenters. The van der Waals surface area contributed by atoms with E-state index < -0.39 is 12.3 Å². The number of amides is 1. The van der Waals surface area contributed by atoms with Crippen LogP contribution in [0.3, 0.4) is 0 Å². The summed E-state index contributed by atoms with van der Waals surface area (Å²) in [6.45, 7) is 5.07. The number of carbonyl (C=O) groups is 1. The van der Waals surface area contributed by atoms with Gasteiger partial charge in [-0.3, -0.25) is 0 Å². The number of nitrogens with zero attached hydrogens (tertiary/aromatic N) is 3. The van der Waals surface area contributed by atoms with Crippen molar-refractivity contribution in [3.63, 3.8) is 0 Å². The van der Waals surface area contributed by atoms with Crippen molar-refractivity contribution in [1.82, 2.24) is 9.88 Å². The van der Waals surface area contributed by atoms with Crippen LogP contribution in [0.2, 0.25) is 0 Å².